The number of nitrogens with one attached hydrogen (secondary N) is 2. The van der Waals surface area contributed by atoms with Crippen molar-refractivity contribution in [3.8, 4) is 0 Å². The van der Waals surface area contributed by atoms with Crippen LogP contribution in [0.5, 0.6) is 0 Å². The molecule has 0 radical (unpaired) electrons. The maximum absolute atomic E-state index is 12.7. The van der Waals surface area contributed by atoms with E-state index < -0.39 is 37.3 Å². The molecule has 1 aliphatic heterocycles. The molecule has 0 aromatic carbocycles. The van der Waals surface area contributed by atoms with E-state index in [1.54, 1.807) is 0 Å². The molecule has 0 saturated carbocycles. The second kappa shape index (κ2) is 9.25. The number of carbonyl (C=O) groups excluding carboxylic acids is 1. The van der Waals surface area contributed by atoms with Crippen LogP contribution >= 0.6 is 13.5 Å². The molecule has 0 spiro atoms. The van der Waals surface area contributed by atoms with Crippen molar-refractivity contribution in [3.05, 3.63) is 53.2 Å². The largest absolute Gasteiger partial charge is 0.433 e. The summed E-state index contributed by atoms with van der Waals surface area (Å²) in [7, 11) is 0. The highest BCUT2D eigenvalue weighted by Crippen LogP contribution is 2.32. The average molecular weight is 486 g/mol. The van der Waals surface area contributed by atoms with Crippen molar-refractivity contribution < 1.29 is 24.8 Å². The number of aromatic nitrogens is 5. The Balaban J connectivity index is 0.00000400. The van der Waals surface area contributed by atoms with Crippen LogP contribution in [0.4, 0.5) is 30.6 Å². The molecular weight excluding hydrogens is 457 g/mol. The van der Waals surface area contributed by atoms with Gasteiger partial charge in [0.2, 0.25) is 11.9 Å². The monoisotopic (exact) mass is 485 g/mol. The third kappa shape index (κ3) is 5.18. The van der Waals surface area contributed by atoms with Crippen molar-refractivity contribution in [2.75, 3.05) is 22.5 Å². The van der Waals surface area contributed by atoms with Crippen LogP contribution in [0.25, 0.3) is 0 Å². The van der Waals surface area contributed by atoms with Crippen molar-refractivity contribution in [3.63, 3.8) is 0 Å². The molecule has 1 amide bonds. The van der Waals surface area contributed by atoms with Gasteiger partial charge in [0.1, 0.15) is 17.4 Å². The van der Waals surface area contributed by atoms with E-state index in [1.165, 1.54) is 37.0 Å². The highest BCUT2D eigenvalue weighted by Gasteiger charge is 2.32. The molecule has 13 heteroatoms. The SMILES string of the molecule is S.[2H]C([2H])(Nc1nc(C)c2c(n1)N(C([2H])([2H])[2H])[C@@H](C)C(=O)N2)c1cnn(Cc2ccc(C(F)(F)F)nc2)c1. The molecule has 9 nitrogen and oxygen atoms in total. The molecule has 4 heterocycles. The number of hydrogen-bond acceptors (Lipinski definition) is 7. The lowest BCUT2D eigenvalue weighted by Gasteiger charge is -2.32. The molecule has 0 unspecified atom stereocenters. The first-order chi connectivity index (χ1) is 17.1. The summed E-state index contributed by atoms with van der Waals surface area (Å²) in [4.78, 5) is 24.9. The molecule has 0 aliphatic carbocycles. The minimum absolute atomic E-state index is 0. The minimum Gasteiger partial charge on any atom is -0.350 e. The second-order valence-electron chi connectivity index (χ2n) is 7.09. The number of nitrogens with zero attached hydrogens (tertiary/aromatic N) is 6. The third-order valence-electron chi connectivity index (χ3n) is 4.73. The van der Waals surface area contributed by atoms with Gasteiger partial charge in [0.05, 0.1) is 21.2 Å². The summed E-state index contributed by atoms with van der Waals surface area (Å²) in [6, 6.07) is 1.05. The summed E-state index contributed by atoms with van der Waals surface area (Å²) < 4.78 is 79.8. The summed E-state index contributed by atoms with van der Waals surface area (Å²) in [5.74, 6) is -0.844. The van der Waals surface area contributed by atoms with E-state index in [1.807, 2.05) is 0 Å². The fourth-order valence-electron chi connectivity index (χ4n) is 2.98. The van der Waals surface area contributed by atoms with Gasteiger partial charge in [-0.3, -0.25) is 14.5 Å². The summed E-state index contributed by atoms with van der Waals surface area (Å²) in [5, 5.41) is 9.16. The Morgan fingerprint density at radius 3 is 2.73 bits per heavy atom. The van der Waals surface area contributed by atoms with Gasteiger partial charge in [-0.1, -0.05) is 6.07 Å². The van der Waals surface area contributed by atoms with E-state index in [0.717, 1.165) is 17.2 Å². The maximum atomic E-state index is 12.7. The number of alkyl halides is 3. The number of pyridine rings is 1. The van der Waals surface area contributed by atoms with Crippen LogP contribution in [-0.4, -0.2) is 43.7 Å². The molecule has 2 N–H and O–H groups in total. The first-order valence-electron chi connectivity index (χ1n) is 11.9. The number of hydrogen-bond donors (Lipinski definition) is 2. The predicted octanol–water partition coefficient (Wildman–Crippen LogP) is 2.95. The number of amides is 1. The van der Waals surface area contributed by atoms with Gasteiger partial charge in [0, 0.05) is 35.5 Å². The minimum atomic E-state index is -4.56. The van der Waals surface area contributed by atoms with Gasteiger partial charge >= 0.3 is 6.18 Å². The fraction of sp³-hybridized carbons (Fsp3) is 0.350. The Bertz CT molecular complexity index is 1330. The zero-order valence-electron chi connectivity index (χ0n) is 22.4. The Kier molecular flexibility index (Phi) is 5.08. The normalized spacial score (nSPS) is 18.6. The van der Waals surface area contributed by atoms with Gasteiger partial charge < -0.3 is 15.5 Å². The standard InChI is InChI=1S/C20H21F3N8O.H2S/c1-11-16-17(30(3)12(2)18(32)28-16)29-19(27-11)25-7-14-8-26-31(10-14)9-13-4-5-15(24-6-13)20(21,22)23;/h4-6,8,10,12H,7,9H2,1-3H3,(H,28,32)(H,25,27,29);1H2/t12-;/m0./s1/i3D3,7D2;. The van der Waals surface area contributed by atoms with E-state index in [9.17, 15) is 18.0 Å². The van der Waals surface area contributed by atoms with Gasteiger partial charge in [0.25, 0.3) is 0 Å². The second-order valence-corrected chi connectivity index (χ2v) is 7.09. The van der Waals surface area contributed by atoms with Crippen LogP contribution < -0.4 is 15.5 Å². The number of likely N-dealkylation sites (N-methyl/N-ethyl adjacent to an activating group) is 1. The lowest BCUT2D eigenvalue weighted by Crippen LogP contribution is -2.44. The Morgan fingerprint density at radius 1 is 1.27 bits per heavy atom. The van der Waals surface area contributed by atoms with Gasteiger partial charge in [-0.15, -0.1) is 0 Å². The highest BCUT2D eigenvalue weighted by atomic mass is 32.1. The van der Waals surface area contributed by atoms with Crippen LogP contribution in [0.15, 0.2) is 30.7 Å². The third-order valence-corrected chi connectivity index (χ3v) is 4.73. The van der Waals surface area contributed by atoms with Crippen molar-refractivity contribution >= 4 is 36.9 Å². The smallest absolute Gasteiger partial charge is 0.350 e. The van der Waals surface area contributed by atoms with E-state index >= 15 is 0 Å². The average Bonchev–Trinajstić information content (AvgIpc) is 3.23. The quantitative estimate of drug-likeness (QED) is 0.573. The van der Waals surface area contributed by atoms with E-state index in [-0.39, 0.29) is 48.8 Å². The summed E-state index contributed by atoms with van der Waals surface area (Å²) >= 11 is 0. The van der Waals surface area contributed by atoms with Crippen LogP contribution in [0.3, 0.4) is 0 Å². The maximum Gasteiger partial charge on any atom is 0.433 e. The van der Waals surface area contributed by atoms with Gasteiger partial charge in [-0.05, 0) is 25.5 Å². The van der Waals surface area contributed by atoms with Gasteiger partial charge in [0.15, 0.2) is 5.82 Å². The fourth-order valence-corrected chi connectivity index (χ4v) is 2.98. The number of halogens is 3. The zero-order valence-corrected chi connectivity index (χ0v) is 18.4. The molecule has 0 bridgehead atoms. The number of fused-ring (bicyclic) bond motifs is 1. The van der Waals surface area contributed by atoms with Gasteiger partial charge in [-0.2, -0.15) is 36.7 Å². The van der Waals surface area contributed by atoms with Crippen molar-refractivity contribution in [1.82, 2.24) is 24.7 Å². The Hall–Kier alpha value is -3.35. The molecule has 1 aliphatic rings. The van der Waals surface area contributed by atoms with E-state index in [4.69, 9.17) is 6.85 Å². The van der Waals surface area contributed by atoms with Crippen LogP contribution in [-0.2, 0) is 24.0 Å². The Morgan fingerprint density at radius 2 is 2.06 bits per heavy atom. The predicted molar refractivity (Wildman–Crippen MR) is 122 cm³/mol. The van der Waals surface area contributed by atoms with Crippen LogP contribution in [0.1, 0.15) is 36.3 Å². The van der Waals surface area contributed by atoms with Crippen molar-refractivity contribution in [2.45, 2.75) is 39.1 Å². The number of anilines is 3. The molecule has 0 saturated heterocycles. The highest BCUT2D eigenvalue weighted by molar-refractivity contribution is 7.59. The number of carbonyl (C=O) groups is 1. The summed E-state index contributed by atoms with van der Waals surface area (Å²) in [5.41, 5.74) is -0.206. The van der Waals surface area contributed by atoms with E-state index in [0.29, 0.717) is 5.56 Å². The summed E-state index contributed by atoms with van der Waals surface area (Å²) in [6.45, 7) is -2.00. The zero-order chi connectivity index (χ0) is 27.3. The van der Waals surface area contributed by atoms with Crippen molar-refractivity contribution in [1.29, 1.82) is 0 Å². The summed E-state index contributed by atoms with van der Waals surface area (Å²) in [6.07, 6.45) is -0.905. The molecule has 0 fully saturated rings. The van der Waals surface area contributed by atoms with Crippen molar-refractivity contribution in [2.24, 2.45) is 0 Å². The first-order valence-corrected chi connectivity index (χ1v) is 9.38. The topological polar surface area (TPSA) is 101 Å². The lowest BCUT2D eigenvalue weighted by molar-refractivity contribution is -0.141. The first kappa shape index (κ1) is 18.1. The molecule has 176 valence electrons. The lowest BCUT2D eigenvalue weighted by atomic mass is 10.2. The molecule has 3 aromatic heterocycles. The van der Waals surface area contributed by atoms with Crippen LogP contribution in [0.2, 0.25) is 0 Å². The van der Waals surface area contributed by atoms with E-state index in [2.05, 4.69) is 30.7 Å². The van der Waals surface area contributed by atoms with Crippen LogP contribution in [0, 0.1) is 6.92 Å². The molecule has 1 atom stereocenters. The molecule has 33 heavy (non-hydrogen) atoms. The molecule has 4 rings (SSSR count). The molecule has 3 aromatic rings. The number of aryl methyl sites for hydroxylation is 1. The Labute approximate surface area is 201 Å². The van der Waals surface area contributed by atoms with Gasteiger partial charge in [-0.25, -0.2) is 4.98 Å². The number of rotatable bonds is 5. The molecular formula is C20H23F3N8OS.